The fourth-order valence-electron chi connectivity index (χ4n) is 1.40. The van der Waals surface area contributed by atoms with Gasteiger partial charge >= 0.3 is 5.97 Å². The van der Waals surface area contributed by atoms with E-state index in [1.807, 2.05) is 31.2 Å². The quantitative estimate of drug-likeness (QED) is 0.858. The molecule has 4 heteroatoms. The van der Waals surface area contributed by atoms with E-state index < -0.39 is 11.5 Å². The molecule has 1 unspecified atom stereocenters. The minimum absolute atomic E-state index is 0.410. The average molecular weight is 272 g/mol. The molecule has 0 aliphatic rings. The van der Waals surface area contributed by atoms with Crippen molar-refractivity contribution >= 4 is 21.9 Å². The standard InChI is InChI=1S/C11H14BrNO2/c1-3-11(13,10(14)15-2)8-4-6-9(12)7-5-8/h4-7H,3,13H2,1-2H3. The second-order valence-electron chi connectivity index (χ2n) is 3.32. The molecule has 1 rings (SSSR count). The maximum absolute atomic E-state index is 11.6. The van der Waals surface area contributed by atoms with E-state index in [2.05, 4.69) is 15.9 Å². The Kier molecular flexibility index (Phi) is 3.88. The largest absolute Gasteiger partial charge is 0.467 e. The topological polar surface area (TPSA) is 52.3 Å². The molecule has 0 saturated carbocycles. The van der Waals surface area contributed by atoms with Gasteiger partial charge in [-0.15, -0.1) is 0 Å². The Morgan fingerprint density at radius 3 is 2.40 bits per heavy atom. The molecule has 0 bridgehead atoms. The summed E-state index contributed by atoms with van der Waals surface area (Å²) in [4.78, 5) is 11.6. The van der Waals surface area contributed by atoms with Gasteiger partial charge in [0.05, 0.1) is 7.11 Å². The predicted octanol–water partition coefficient (Wildman–Crippen LogP) is 2.19. The monoisotopic (exact) mass is 271 g/mol. The Bertz CT molecular complexity index is 350. The van der Waals surface area contributed by atoms with Crippen LogP contribution in [0.15, 0.2) is 28.7 Å². The molecule has 0 aliphatic heterocycles. The lowest BCUT2D eigenvalue weighted by atomic mass is 9.88. The Labute approximate surface area is 97.7 Å². The van der Waals surface area contributed by atoms with E-state index >= 15 is 0 Å². The number of carbonyl (C=O) groups excluding carboxylic acids is 1. The average Bonchev–Trinajstić information content (AvgIpc) is 2.27. The van der Waals surface area contributed by atoms with E-state index in [0.29, 0.717) is 6.42 Å². The summed E-state index contributed by atoms with van der Waals surface area (Å²) in [5.41, 5.74) is 5.75. The third-order valence-electron chi connectivity index (χ3n) is 2.47. The van der Waals surface area contributed by atoms with Gasteiger partial charge in [-0.25, -0.2) is 4.79 Å². The summed E-state index contributed by atoms with van der Waals surface area (Å²) < 4.78 is 5.67. The minimum Gasteiger partial charge on any atom is -0.467 e. The Morgan fingerprint density at radius 1 is 1.47 bits per heavy atom. The van der Waals surface area contributed by atoms with E-state index in [-0.39, 0.29) is 0 Å². The number of methoxy groups -OCH3 is 1. The zero-order chi connectivity index (χ0) is 11.5. The second-order valence-corrected chi connectivity index (χ2v) is 4.24. The van der Waals surface area contributed by atoms with Crippen molar-refractivity contribution in [2.75, 3.05) is 7.11 Å². The normalized spacial score (nSPS) is 14.4. The molecule has 3 nitrogen and oxygen atoms in total. The number of ether oxygens (including phenoxy) is 1. The number of rotatable bonds is 3. The Balaban J connectivity index is 3.11. The molecular formula is C11H14BrNO2. The number of halogens is 1. The zero-order valence-corrected chi connectivity index (χ0v) is 10.4. The van der Waals surface area contributed by atoms with Crippen LogP contribution in [-0.2, 0) is 15.1 Å². The third kappa shape index (κ3) is 2.38. The maximum Gasteiger partial charge on any atom is 0.330 e. The van der Waals surface area contributed by atoms with Crippen LogP contribution in [0.5, 0.6) is 0 Å². The molecule has 15 heavy (non-hydrogen) atoms. The smallest absolute Gasteiger partial charge is 0.330 e. The maximum atomic E-state index is 11.6. The first-order valence-electron chi connectivity index (χ1n) is 4.68. The van der Waals surface area contributed by atoms with Gasteiger partial charge in [-0.05, 0) is 24.1 Å². The van der Waals surface area contributed by atoms with Gasteiger partial charge in [0.25, 0.3) is 0 Å². The van der Waals surface area contributed by atoms with Crippen molar-refractivity contribution in [1.29, 1.82) is 0 Å². The molecule has 0 saturated heterocycles. The van der Waals surface area contributed by atoms with Crippen molar-refractivity contribution in [3.8, 4) is 0 Å². The summed E-state index contributed by atoms with van der Waals surface area (Å²) in [5.74, 6) is -0.410. The number of nitrogens with two attached hydrogens (primary N) is 1. The number of hydrogen-bond donors (Lipinski definition) is 1. The summed E-state index contributed by atoms with van der Waals surface area (Å²) in [6.07, 6.45) is 0.501. The highest BCUT2D eigenvalue weighted by Crippen LogP contribution is 2.25. The van der Waals surface area contributed by atoms with Crippen LogP contribution in [0, 0.1) is 0 Å². The molecule has 0 spiro atoms. The first kappa shape index (κ1) is 12.2. The number of carbonyl (C=O) groups is 1. The van der Waals surface area contributed by atoms with Crippen LogP contribution in [0.2, 0.25) is 0 Å². The van der Waals surface area contributed by atoms with E-state index in [1.165, 1.54) is 7.11 Å². The van der Waals surface area contributed by atoms with Crippen molar-refractivity contribution in [3.05, 3.63) is 34.3 Å². The summed E-state index contributed by atoms with van der Waals surface area (Å²) in [6.45, 7) is 1.86. The van der Waals surface area contributed by atoms with Crippen LogP contribution in [0.25, 0.3) is 0 Å². The van der Waals surface area contributed by atoms with Crippen molar-refractivity contribution < 1.29 is 9.53 Å². The van der Waals surface area contributed by atoms with Gasteiger partial charge < -0.3 is 10.5 Å². The van der Waals surface area contributed by atoms with Crippen LogP contribution < -0.4 is 5.73 Å². The lowest BCUT2D eigenvalue weighted by molar-refractivity contribution is -0.147. The van der Waals surface area contributed by atoms with E-state index in [4.69, 9.17) is 10.5 Å². The molecule has 82 valence electrons. The van der Waals surface area contributed by atoms with E-state index in [1.54, 1.807) is 0 Å². The lowest BCUT2D eigenvalue weighted by Gasteiger charge is -2.25. The first-order valence-corrected chi connectivity index (χ1v) is 5.47. The molecule has 0 amide bonds. The zero-order valence-electron chi connectivity index (χ0n) is 8.79. The van der Waals surface area contributed by atoms with Crippen LogP contribution in [0.3, 0.4) is 0 Å². The van der Waals surface area contributed by atoms with Crippen molar-refractivity contribution in [1.82, 2.24) is 0 Å². The summed E-state index contributed by atoms with van der Waals surface area (Å²) in [6, 6.07) is 7.36. The minimum atomic E-state index is -1.05. The molecular weight excluding hydrogens is 258 g/mol. The Hall–Kier alpha value is -0.870. The second kappa shape index (κ2) is 4.77. The van der Waals surface area contributed by atoms with Crippen molar-refractivity contribution in [3.63, 3.8) is 0 Å². The summed E-state index contributed by atoms with van der Waals surface area (Å²) >= 11 is 3.33. The summed E-state index contributed by atoms with van der Waals surface area (Å²) in [7, 11) is 1.35. The predicted molar refractivity (Wildman–Crippen MR) is 62.3 cm³/mol. The van der Waals surface area contributed by atoms with Crippen LogP contribution in [0.4, 0.5) is 0 Å². The van der Waals surface area contributed by atoms with Crippen molar-refractivity contribution in [2.24, 2.45) is 5.73 Å². The molecule has 1 aromatic carbocycles. The molecule has 1 atom stereocenters. The van der Waals surface area contributed by atoms with Gasteiger partial charge in [-0.3, -0.25) is 0 Å². The molecule has 0 heterocycles. The van der Waals surface area contributed by atoms with Gasteiger partial charge in [-0.2, -0.15) is 0 Å². The van der Waals surface area contributed by atoms with Gasteiger partial charge in [-0.1, -0.05) is 35.0 Å². The van der Waals surface area contributed by atoms with Crippen LogP contribution >= 0.6 is 15.9 Å². The highest BCUT2D eigenvalue weighted by Gasteiger charge is 2.35. The fraction of sp³-hybridized carbons (Fsp3) is 0.364. The van der Waals surface area contributed by atoms with Gasteiger partial charge in [0, 0.05) is 4.47 Å². The molecule has 0 aliphatic carbocycles. The van der Waals surface area contributed by atoms with Crippen LogP contribution in [0.1, 0.15) is 18.9 Å². The fourth-order valence-corrected chi connectivity index (χ4v) is 1.66. The molecule has 2 N–H and O–H groups in total. The Morgan fingerprint density at radius 2 is 2.00 bits per heavy atom. The van der Waals surface area contributed by atoms with E-state index in [9.17, 15) is 4.79 Å². The number of benzene rings is 1. The summed E-state index contributed by atoms with van der Waals surface area (Å²) in [5, 5.41) is 0. The van der Waals surface area contributed by atoms with Gasteiger partial charge in [0.2, 0.25) is 0 Å². The SMILES string of the molecule is CCC(N)(C(=O)OC)c1ccc(Br)cc1. The third-order valence-corrected chi connectivity index (χ3v) is 3.00. The highest BCUT2D eigenvalue weighted by atomic mass is 79.9. The van der Waals surface area contributed by atoms with Gasteiger partial charge in [0.1, 0.15) is 5.54 Å². The molecule has 0 radical (unpaired) electrons. The lowest BCUT2D eigenvalue weighted by Crippen LogP contribution is -2.45. The highest BCUT2D eigenvalue weighted by molar-refractivity contribution is 9.10. The number of esters is 1. The van der Waals surface area contributed by atoms with Crippen molar-refractivity contribution in [2.45, 2.75) is 18.9 Å². The molecule has 0 fully saturated rings. The van der Waals surface area contributed by atoms with Crippen LogP contribution in [-0.4, -0.2) is 13.1 Å². The number of hydrogen-bond acceptors (Lipinski definition) is 3. The van der Waals surface area contributed by atoms with Gasteiger partial charge in [0.15, 0.2) is 0 Å². The molecule has 0 aromatic heterocycles. The van der Waals surface area contributed by atoms with E-state index in [0.717, 1.165) is 10.0 Å². The first-order chi connectivity index (χ1) is 7.04. The molecule has 1 aromatic rings.